The minimum atomic E-state index is 0.229. The topological polar surface area (TPSA) is 95.8 Å². The van der Waals surface area contributed by atoms with Gasteiger partial charge in [-0.3, -0.25) is 0 Å². The molecule has 102 valence electrons. The summed E-state index contributed by atoms with van der Waals surface area (Å²) in [4.78, 5) is 12.4. The van der Waals surface area contributed by atoms with Crippen LogP contribution in [-0.4, -0.2) is 28.6 Å². The number of nitriles is 1. The molecule has 0 saturated carbocycles. The van der Waals surface area contributed by atoms with Crippen LogP contribution in [0, 0.1) is 11.3 Å². The van der Waals surface area contributed by atoms with Crippen LogP contribution >= 0.6 is 0 Å². The van der Waals surface area contributed by atoms with Gasteiger partial charge in [0.25, 0.3) is 0 Å². The van der Waals surface area contributed by atoms with E-state index in [0.717, 1.165) is 5.69 Å². The van der Waals surface area contributed by atoms with E-state index in [1.807, 2.05) is 6.92 Å². The smallest absolute Gasteiger partial charge is 0.322 e. The summed E-state index contributed by atoms with van der Waals surface area (Å²) in [5.74, 6) is 0.813. The lowest BCUT2D eigenvalue weighted by Gasteiger charge is -2.08. The highest BCUT2D eigenvalue weighted by atomic mass is 16.5. The normalized spacial score (nSPS) is 9.65. The van der Waals surface area contributed by atoms with Gasteiger partial charge >= 0.3 is 6.01 Å². The van der Waals surface area contributed by atoms with Gasteiger partial charge < -0.3 is 15.4 Å². The molecule has 1 aromatic heterocycles. The highest BCUT2D eigenvalue weighted by Crippen LogP contribution is 2.16. The molecule has 20 heavy (non-hydrogen) atoms. The summed E-state index contributed by atoms with van der Waals surface area (Å²) in [7, 11) is 1.50. The number of nitrogens with one attached hydrogen (secondary N) is 2. The van der Waals surface area contributed by atoms with E-state index in [-0.39, 0.29) is 6.01 Å². The van der Waals surface area contributed by atoms with E-state index >= 15 is 0 Å². The van der Waals surface area contributed by atoms with Gasteiger partial charge in [-0.2, -0.15) is 20.2 Å². The Bertz CT molecular complexity index is 620. The van der Waals surface area contributed by atoms with Crippen LogP contribution in [0.25, 0.3) is 0 Å². The number of ether oxygens (including phenoxy) is 1. The van der Waals surface area contributed by atoms with E-state index in [0.29, 0.717) is 24.0 Å². The van der Waals surface area contributed by atoms with Crippen LogP contribution in [0.5, 0.6) is 6.01 Å². The summed E-state index contributed by atoms with van der Waals surface area (Å²) < 4.78 is 5.03. The van der Waals surface area contributed by atoms with Crippen molar-refractivity contribution in [3.8, 4) is 12.1 Å². The van der Waals surface area contributed by atoms with Crippen LogP contribution in [-0.2, 0) is 0 Å². The fourth-order valence-electron chi connectivity index (χ4n) is 1.50. The largest absolute Gasteiger partial charge is 0.467 e. The van der Waals surface area contributed by atoms with Crippen molar-refractivity contribution in [2.75, 3.05) is 24.3 Å². The number of rotatable bonds is 5. The molecule has 0 aliphatic heterocycles. The molecule has 0 aliphatic rings. The van der Waals surface area contributed by atoms with Crippen molar-refractivity contribution in [1.29, 1.82) is 5.26 Å². The first-order valence-corrected chi connectivity index (χ1v) is 6.06. The van der Waals surface area contributed by atoms with Crippen LogP contribution in [0.15, 0.2) is 24.3 Å². The number of nitrogens with zero attached hydrogens (tertiary/aromatic N) is 4. The number of benzene rings is 1. The number of aromatic nitrogens is 3. The third-order valence-corrected chi connectivity index (χ3v) is 2.40. The third kappa shape index (κ3) is 3.32. The first kappa shape index (κ1) is 13.5. The van der Waals surface area contributed by atoms with Gasteiger partial charge in [0.2, 0.25) is 11.9 Å². The van der Waals surface area contributed by atoms with Gasteiger partial charge in [-0.05, 0) is 31.2 Å². The number of methoxy groups -OCH3 is 1. The number of hydrogen-bond donors (Lipinski definition) is 2. The van der Waals surface area contributed by atoms with E-state index in [1.165, 1.54) is 7.11 Å². The van der Waals surface area contributed by atoms with E-state index in [9.17, 15) is 0 Å². The summed E-state index contributed by atoms with van der Waals surface area (Å²) in [6.45, 7) is 2.65. The molecule has 0 saturated heterocycles. The zero-order valence-electron chi connectivity index (χ0n) is 11.2. The molecule has 1 heterocycles. The summed E-state index contributed by atoms with van der Waals surface area (Å²) in [5.41, 5.74) is 1.37. The Morgan fingerprint density at radius 2 is 1.85 bits per heavy atom. The maximum absolute atomic E-state index is 8.75. The maximum Gasteiger partial charge on any atom is 0.322 e. The molecule has 7 heteroatoms. The third-order valence-electron chi connectivity index (χ3n) is 2.40. The molecule has 0 radical (unpaired) electrons. The van der Waals surface area contributed by atoms with E-state index in [2.05, 4.69) is 31.7 Å². The van der Waals surface area contributed by atoms with Gasteiger partial charge in [-0.15, -0.1) is 0 Å². The van der Waals surface area contributed by atoms with Crippen molar-refractivity contribution < 1.29 is 4.74 Å². The molecule has 1 aromatic carbocycles. The molecule has 2 aromatic rings. The summed E-state index contributed by atoms with van der Waals surface area (Å²) in [6, 6.07) is 9.28. The summed E-state index contributed by atoms with van der Waals surface area (Å²) in [6.07, 6.45) is 0. The van der Waals surface area contributed by atoms with Gasteiger partial charge in [-0.25, -0.2) is 0 Å². The first-order valence-electron chi connectivity index (χ1n) is 6.06. The fourth-order valence-corrected chi connectivity index (χ4v) is 1.50. The average molecular weight is 270 g/mol. The summed E-state index contributed by atoms with van der Waals surface area (Å²) >= 11 is 0. The molecule has 0 fully saturated rings. The van der Waals surface area contributed by atoms with Gasteiger partial charge in [0, 0.05) is 12.2 Å². The van der Waals surface area contributed by atoms with E-state index in [4.69, 9.17) is 10.00 Å². The van der Waals surface area contributed by atoms with E-state index < -0.39 is 0 Å². The Balaban J connectivity index is 2.22. The molecule has 7 nitrogen and oxygen atoms in total. The van der Waals surface area contributed by atoms with Gasteiger partial charge in [-0.1, -0.05) is 0 Å². The lowest BCUT2D eigenvalue weighted by molar-refractivity contribution is 0.379. The highest BCUT2D eigenvalue weighted by Gasteiger charge is 2.06. The zero-order chi connectivity index (χ0) is 14.4. The van der Waals surface area contributed by atoms with Crippen molar-refractivity contribution in [3.05, 3.63) is 29.8 Å². The average Bonchev–Trinajstić information content (AvgIpc) is 2.48. The van der Waals surface area contributed by atoms with Gasteiger partial charge in [0.15, 0.2) is 0 Å². The Hall–Kier alpha value is -2.88. The highest BCUT2D eigenvalue weighted by molar-refractivity contribution is 5.55. The van der Waals surface area contributed by atoms with Gasteiger partial charge in [0.1, 0.15) is 0 Å². The lowest BCUT2D eigenvalue weighted by Crippen LogP contribution is -2.07. The van der Waals surface area contributed by atoms with Crippen molar-refractivity contribution in [1.82, 2.24) is 15.0 Å². The molecular weight excluding hydrogens is 256 g/mol. The molecule has 0 unspecified atom stereocenters. The molecule has 0 amide bonds. The monoisotopic (exact) mass is 270 g/mol. The van der Waals surface area contributed by atoms with Crippen molar-refractivity contribution in [2.24, 2.45) is 0 Å². The molecule has 0 atom stereocenters. The molecule has 2 N–H and O–H groups in total. The Labute approximate surface area is 116 Å². The molecule has 0 aliphatic carbocycles. The summed E-state index contributed by atoms with van der Waals surface area (Å²) in [5, 5.41) is 14.8. The second-order valence-electron chi connectivity index (χ2n) is 3.81. The Morgan fingerprint density at radius 3 is 2.45 bits per heavy atom. The second kappa shape index (κ2) is 6.33. The predicted octanol–water partition coefficient (Wildman–Crippen LogP) is 1.93. The van der Waals surface area contributed by atoms with Crippen LogP contribution in [0.1, 0.15) is 12.5 Å². The fraction of sp³-hybridized carbons (Fsp3) is 0.231. The van der Waals surface area contributed by atoms with Crippen LogP contribution in [0.3, 0.4) is 0 Å². The SMILES string of the molecule is CCNc1nc(Nc2ccc(C#N)cc2)nc(OC)n1. The number of hydrogen-bond acceptors (Lipinski definition) is 7. The van der Waals surface area contributed by atoms with Crippen LogP contribution < -0.4 is 15.4 Å². The zero-order valence-corrected chi connectivity index (χ0v) is 11.2. The first-order chi connectivity index (χ1) is 9.75. The predicted molar refractivity (Wildman–Crippen MR) is 75.0 cm³/mol. The molecule has 0 bridgehead atoms. The standard InChI is InChI=1S/C13H14N6O/c1-3-15-11-17-12(19-13(18-11)20-2)16-10-6-4-9(8-14)5-7-10/h4-7H,3H2,1-2H3,(H2,15,16,17,18,19). The van der Waals surface area contributed by atoms with Crippen molar-refractivity contribution in [3.63, 3.8) is 0 Å². The number of anilines is 3. The minimum Gasteiger partial charge on any atom is -0.467 e. The van der Waals surface area contributed by atoms with Crippen LogP contribution in [0.4, 0.5) is 17.6 Å². The van der Waals surface area contributed by atoms with Crippen molar-refractivity contribution in [2.45, 2.75) is 6.92 Å². The Morgan fingerprint density at radius 1 is 1.15 bits per heavy atom. The Kier molecular flexibility index (Phi) is 4.29. The van der Waals surface area contributed by atoms with E-state index in [1.54, 1.807) is 24.3 Å². The molecule has 0 spiro atoms. The quantitative estimate of drug-likeness (QED) is 0.856. The minimum absolute atomic E-state index is 0.229. The molecular formula is C13H14N6O. The maximum atomic E-state index is 8.75. The lowest BCUT2D eigenvalue weighted by atomic mass is 10.2. The molecule has 2 rings (SSSR count). The van der Waals surface area contributed by atoms with Gasteiger partial charge in [0.05, 0.1) is 18.7 Å². The van der Waals surface area contributed by atoms with Crippen LogP contribution in [0.2, 0.25) is 0 Å². The van der Waals surface area contributed by atoms with Crippen molar-refractivity contribution >= 4 is 17.6 Å². The second-order valence-corrected chi connectivity index (χ2v) is 3.81.